The Kier molecular flexibility index (Phi) is 6.87. The number of para-hydroxylation sites is 1. The predicted octanol–water partition coefficient (Wildman–Crippen LogP) is 3.49. The number of nitrogens with zero attached hydrogens (tertiary/aromatic N) is 1. The first-order valence-electron chi connectivity index (χ1n) is 9.95. The summed E-state index contributed by atoms with van der Waals surface area (Å²) in [7, 11) is 1.42. The molecule has 156 valence electrons. The number of aliphatic carboxylic acids is 1. The van der Waals surface area contributed by atoms with Crippen LogP contribution in [0, 0.1) is 11.2 Å². The fourth-order valence-corrected chi connectivity index (χ4v) is 4.26. The molecule has 0 aromatic heterocycles. The summed E-state index contributed by atoms with van der Waals surface area (Å²) in [5.41, 5.74) is 0.597. The van der Waals surface area contributed by atoms with E-state index in [1.807, 2.05) is 35.2 Å². The van der Waals surface area contributed by atoms with Gasteiger partial charge in [-0.3, -0.25) is 9.69 Å². The quantitative estimate of drug-likeness (QED) is 0.709. The lowest BCUT2D eigenvalue weighted by Crippen LogP contribution is -2.55. The van der Waals surface area contributed by atoms with E-state index in [1.54, 1.807) is 12.1 Å². The van der Waals surface area contributed by atoms with Gasteiger partial charge in [-0.15, -0.1) is 0 Å². The Bertz CT molecular complexity index is 829. The van der Waals surface area contributed by atoms with Crippen LogP contribution in [-0.2, 0) is 17.8 Å². The van der Waals surface area contributed by atoms with E-state index in [2.05, 4.69) is 0 Å². The van der Waals surface area contributed by atoms with Crippen molar-refractivity contribution >= 4 is 5.97 Å². The molecule has 1 saturated heterocycles. The van der Waals surface area contributed by atoms with E-state index in [1.165, 1.54) is 13.2 Å². The number of halogens is 1. The van der Waals surface area contributed by atoms with E-state index in [4.69, 9.17) is 4.74 Å². The summed E-state index contributed by atoms with van der Waals surface area (Å²) < 4.78 is 19.2. The van der Waals surface area contributed by atoms with Gasteiger partial charge >= 0.3 is 5.97 Å². The maximum Gasteiger partial charge on any atom is 0.313 e. The molecule has 1 aliphatic rings. The minimum Gasteiger partial charge on any atom is -0.493 e. The summed E-state index contributed by atoms with van der Waals surface area (Å²) >= 11 is 0. The van der Waals surface area contributed by atoms with Gasteiger partial charge in [0.05, 0.1) is 13.2 Å². The molecule has 0 radical (unpaired) electrons. The number of aliphatic hydroxyl groups is 1. The Morgan fingerprint density at radius 3 is 2.69 bits per heavy atom. The molecular formula is C23H28FNO4. The van der Waals surface area contributed by atoms with Gasteiger partial charge in [-0.1, -0.05) is 42.5 Å². The van der Waals surface area contributed by atoms with Crippen LogP contribution in [-0.4, -0.2) is 47.4 Å². The summed E-state index contributed by atoms with van der Waals surface area (Å²) in [6, 6.07) is 14.7. The van der Waals surface area contributed by atoms with E-state index >= 15 is 0 Å². The molecule has 1 aliphatic heterocycles. The van der Waals surface area contributed by atoms with E-state index in [9.17, 15) is 19.4 Å². The number of hydrogen-bond donors (Lipinski definition) is 2. The second-order valence-corrected chi connectivity index (χ2v) is 7.75. The molecule has 5 nitrogen and oxygen atoms in total. The van der Waals surface area contributed by atoms with Crippen molar-refractivity contribution in [3.63, 3.8) is 0 Å². The Hall–Kier alpha value is -2.44. The first-order chi connectivity index (χ1) is 14.0. The molecule has 2 atom stereocenters. The average Bonchev–Trinajstić information content (AvgIpc) is 2.71. The van der Waals surface area contributed by atoms with Gasteiger partial charge in [0.1, 0.15) is 5.41 Å². The highest BCUT2D eigenvalue weighted by molar-refractivity contribution is 5.76. The van der Waals surface area contributed by atoms with Crippen molar-refractivity contribution in [1.29, 1.82) is 0 Å². The smallest absolute Gasteiger partial charge is 0.313 e. The van der Waals surface area contributed by atoms with Crippen molar-refractivity contribution in [2.24, 2.45) is 5.41 Å². The number of carboxylic acids is 1. The molecule has 6 heteroatoms. The highest BCUT2D eigenvalue weighted by Gasteiger charge is 2.48. The lowest BCUT2D eigenvalue weighted by Gasteiger charge is -2.43. The van der Waals surface area contributed by atoms with Crippen LogP contribution in [0.4, 0.5) is 4.39 Å². The fraction of sp³-hybridized carbons (Fsp3) is 0.435. The van der Waals surface area contributed by atoms with Crippen LogP contribution in [0.5, 0.6) is 5.75 Å². The minimum atomic E-state index is -1.23. The third-order valence-corrected chi connectivity index (χ3v) is 5.87. The van der Waals surface area contributed by atoms with E-state index in [-0.39, 0.29) is 12.3 Å². The molecule has 0 aliphatic carbocycles. The number of rotatable bonds is 8. The van der Waals surface area contributed by atoms with Gasteiger partial charge < -0.3 is 14.9 Å². The Morgan fingerprint density at radius 2 is 2.00 bits per heavy atom. The Morgan fingerprint density at radius 1 is 1.24 bits per heavy atom. The van der Waals surface area contributed by atoms with Crippen molar-refractivity contribution in [2.45, 2.75) is 38.3 Å². The third-order valence-electron chi connectivity index (χ3n) is 5.87. The third kappa shape index (κ3) is 4.77. The number of benzene rings is 2. The van der Waals surface area contributed by atoms with Gasteiger partial charge in [0, 0.05) is 25.2 Å². The number of aryl methyl sites for hydroxylation is 1. The van der Waals surface area contributed by atoms with E-state index < -0.39 is 23.3 Å². The summed E-state index contributed by atoms with van der Waals surface area (Å²) in [6.07, 6.45) is 1.29. The standard InChI is InChI=1S/C23H28FNO4/c1-29-21-18(10-5-11-19(21)24)15-25-14-12-20(26)23(16-25,22(27)28)13-6-9-17-7-3-2-4-8-17/h2-5,7-8,10-11,20,26H,6,9,12-16H2,1H3,(H,27,28)/t20-,23+/m0/s1. The molecule has 2 aromatic carbocycles. The monoisotopic (exact) mass is 401 g/mol. The highest BCUT2D eigenvalue weighted by Crippen LogP contribution is 2.37. The van der Waals surface area contributed by atoms with Gasteiger partial charge in [-0.2, -0.15) is 0 Å². The number of aliphatic hydroxyl groups excluding tert-OH is 1. The Labute approximate surface area is 170 Å². The van der Waals surface area contributed by atoms with E-state index in [0.29, 0.717) is 37.9 Å². The SMILES string of the molecule is COc1c(F)cccc1CN1CC[C@H](O)[C@](CCCc2ccccc2)(C(=O)O)C1. The van der Waals surface area contributed by atoms with Crippen LogP contribution in [0.1, 0.15) is 30.4 Å². The van der Waals surface area contributed by atoms with Crippen LogP contribution in [0.3, 0.4) is 0 Å². The molecule has 3 rings (SSSR count). The number of methoxy groups -OCH3 is 1. The van der Waals surface area contributed by atoms with Crippen molar-refractivity contribution in [1.82, 2.24) is 4.90 Å². The van der Waals surface area contributed by atoms with Crippen molar-refractivity contribution in [2.75, 3.05) is 20.2 Å². The number of ether oxygens (including phenoxy) is 1. The number of likely N-dealkylation sites (tertiary alicyclic amines) is 1. The molecule has 0 bridgehead atoms. The molecule has 2 N–H and O–H groups in total. The zero-order valence-corrected chi connectivity index (χ0v) is 16.7. The maximum atomic E-state index is 14.0. The second-order valence-electron chi connectivity index (χ2n) is 7.75. The molecule has 29 heavy (non-hydrogen) atoms. The van der Waals surface area contributed by atoms with Gasteiger partial charge in [0.2, 0.25) is 0 Å². The molecule has 0 spiro atoms. The predicted molar refractivity (Wildman–Crippen MR) is 108 cm³/mol. The molecule has 2 aromatic rings. The fourth-order valence-electron chi connectivity index (χ4n) is 4.26. The molecular weight excluding hydrogens is 373 g/mol. The highest BCUT2D eigenvalue weighted by atomic mass is 19.1. The topological polar surface area (TPSA) is 70.0 Å². The molecule has 0 amide bonds. The zero-order valence-electron chi connectivity index (χ0n) is 16.7. The van der Waals surface area contributed by atoms with Crippen LogP contribution in [0.15, 0.2) is 48.5 Å². The summed E-state index contributed by atoms with van der Waals surface area (Å²) in [4.78, 5) is 14.2. The van der Waals surface area contributed by atoms with Crippen molar-refractivity contribution < 1.29 is 24.1 Å². The van der Waals surface area contributed by atoms with Crippen LogP contribution < -0.4 is 4.74 Å². The van der Waals surface area contributed by atoms with Gasteiger partial charge in [-0.05, 0) is 37.3 Å². The number of piperidine rings is 1. The van der Waals surface area contributed by atoms with Crippen LogP contribution in [0.25, 0.3) is 0 Å². The van der Waals surface area contributed by atoms with Crippen LogP contribution >= 0.6 is 0 Å². The largest absolute Gasteiger partial charge is 0.493 e. The second kappa shape index (κ2) is 9.37. The van der Waals surface area contributed by atoms with Gasteiger partial charge in [-0.25, -0.2) is 4.39 Å². The lowest BCUT2D eigenvalue weighted by atomic mass is 9.73. The number of carboxylic acid groups (broad SMARTS) is 1. The Balaban J connectivity index is 1.73. The van der Waals surface area contributed by atoms with Crippen LogP contribution in [0.2, 0.25) is 0 Å². The minimum absolute atomic E-state index is 0.184. The normalized spacial score (nSPS) is 22.4. The molecule has 1 heterocycles. The average molecular weight is 401 g/mol. The van der Waals surface area contributed by atoms with Crippen molar-refractivity contribution in [3.8, 4) is 5.75 Å². The number of carbonyl (C=O) groups is 1. The maximum absolute atomic E-state index is 14.0. The first-order valence-corrected chi connectivity index (χ1v) is 9.95. The van der Waals surface area contributed by atoms with E-state index in [0.717, 1.165) is 12.0 Å². The molecule has 0 saturated carbocycles. The summed E-state index contributed by atoms with van der Waals surface area (Å²) in [5, 5.41) is 20.6. The molecule has 0 unspecified atom stereocenters. The van der Waals surface area contributed by atoms with Gasteiger partial charge in [0.25, 0.3) is 0 Å². The first kappa shape index (κ1) is 21.3. The zero-order chi connectivity index (χ0) is 20.9. The van der Waals surface area contributed by atoms with Gasteiger partial charge in [0.15, 0.2) is 11.6 Å². The number of hydrogen-bond acceptors (Lipinski definition) is 4. The summed E-state index contributed by atoms with van der Waals surface area (Å²) in [5.74, 6) is -1.23. The lowest BCUT2D eigenvalue weighted by molar-refractivity contribution is -0.164. The molecule has 1 fully saturated rings. The summed E-state index contributed by atoms with van der Waals surface area (Å²) in [6.45, 7) is 1.15. The van der Waals surface area contributed by atoms with Crippen molar-refractivity contribution in [3.05, 3.63) is 65.5 Å².